The Hall–Kier alpha value is -2.05. The largest absolute Gasteiger partial charge is 0.465 e. The average molecular weight is 271 g/mol. The van der Waals surface area contributed by atoms with Gasteiger partial charge in [-0.1, -0.05) is 0 Å². The van der Waals surface area contributed by atoms with E-state index in [4.69, 9.17) is 14.6 Å². The smallest absolute Gasteiger partial charge is 0.407 e. The lowest BCUT2D eigenvalue weighted by Crippen LogP contribution is -2.36. The Labute approximate surface area is 110 Å². The third-order valence-corrected chi connectivity index (χ3v) is 2.67. The average Bonchev–Trinajstić information content (AvgIpc) is 2.36. The molecule has 0 aromatic carbocycles. The Morgan fingerprint density at radius 1 is 1.26 bits per heavy atom. The molecule has 0 atom stereocenters. The first-order chi connectivity index (χ1) is 8.95. The van der Waals surface area contributed by atoms with Gasteiger partial charge < -0.3 is 19.5 Å². The Morgan fingerprint density at radius 3 is 2.26 bits per heavy atom. The van der Waals surface area contributed by atoms with Crippen LogP contribution in [-0.4, -0.2) is 47.7 Å². The van der Waals surface area contributed by atoms with Crippen LogP contribution < -0.4 is 0 Å². The Bertz CT molecular complexity index is 404. The van der Waals surface area contributed by atoms with Gasteiger partial charge in [-0.15, -0.1) is 0 Å². The number of rotatable bonds is 3. The zero-order valence-electron chi connectivity index (χ0n) is 11.0. The summed E-state index contributed by atoms with van der Waals surface area (Å²) in [6.45, 7) is 3.58. The van der Waals surface area contributed by atoms with Crippen molar-refractivity contribution >= 4 is 18.0 Å². The van der Waals surface area contributed by atoms with Gasteiger partial charge in [0.1, 0.15) is 0 Å². The summed E-state index contributed by atoms with van der Waals surface area (Å²) in [4.78, 5) is 34.7. The van der Waals surface area contributed by atoms with Gasteiger partial charge in [0.05, 0.1) is 6.61 Å². The molecule has 0 unspecified atom stereocenters. The highest BCUT2D eigenvalue weighted by atomic mass is 16.6. The van der Waals surface area contributed by atoms with Crippen LogP contribution in [-0.2, 0) is 19.1 Å². The van der Waals surface area contributed by atoms with E-state index >= 15 is 0 Å². The molecule has 1 heterocycles. The van der Waals surface area contributed by atoms with Gasteiger partial charge in [-0.3, -0.25) is 4.79 Å². The quantitative estimate of drug-likeness (QED) is 0.470. The van der Waals surface area contributed by atoms with E-state index in [1.54, 1.807) is 6.92 Å². The maximum absolute atomic E-state index is 11.7. The summed E-state index contributed by atoms with van der Waals surface area (Å²) >= 11 is 0. The minimum Gasteiger partial charge on any atom is -0.465 e. The molecule has 0 saturated carbocycles. The third-order valence-electron chi connectivity index (χ3n) is 2.67. The fourth-order valence-corrected chi connectivity index (χ4v) is 1.79. The molecule has 7 nitrogen and oxygen atoms in total. The molecular weight excluding hydrogens is 254 g/mol. The van der Waals surface area contributed by atoms with Gasteiger partial charge in [-0.05, 0) is 25.3 Å². The molecule has 1 amide bonds. The van der Waals surface area contributed by atoms with E-state index in [-0.39, 0.29) is 25.5 Å². The van der Waals surface area contributed by atoms with Crippen LogP contribution in [0.1, 0.15) is 26.7 Å². The van der Waals surface area contributed by atoms with Crippen molar-refractivity contribution in [1.82, 2.24) is 4.90 Å². The van der Waals surface area contributed by atoms with Crippen LogP contribution in [0.4, 0.5) is 4.79 Å². The van der Waals surface area contributed by atoms with Crippen LogP contribution in [0, 0.1) is 0 Å². The second kappa shape index (κ2) is 6.77. The molecule has 0 bridgehead atoms. The number of ether oxygens (including phenoxy) is 2. The summed E-state index contributed by atoms with van der Waals surface area (Å²) in [6.07, 6.45) is -0.286. The molecule has 0 aromatic heterocycles. The van der Waals surface area contributed by atoms with Gasteiger partial charge in [0, 0.05) is 20.0 Å². The number of carbonyl (C=O) groups is 3. The first-order valence-electron chi connectivity index (χ1n) is 6.01. The Morgan fingerprint density at radius 2 is 1.84 bits per heavy atom. The number of piperidine rings is 1. The zero-order chi connectivity index (χ0) is 14.4. The van der Waals surface area contributed by atoms with Gasteiger partial charge >= 0.3 is 18.0 Å². The highest BCUT2D eigenvalue weighted by molar-refractivity contribution is 5.90. The molecule has 1 aliphatic heterocycles. The van der Waals surface area contributed by atoms with Gasteiger partial charge in [0.2, 0.25) is 5.76 Å². The van der Waals surface area contributed by atoms with Crippen molar-refractivity contribution in [3.05, 3.63) is 11.3 Å². The molecule has 0 spiro atoms. The lowest BCUT2D eigenvalue weighted by atomic mass is 10.0. The van der Waals surface area contributed by atoms with E-state index in [0.29, 0.717) is 18.4 Å². The number of carboxylic acid groups (broad SMARTS) is 1. The number of carbonyl (C=O) groups excluding carboxylic acids is 2. The molecule has 0 radical (unpaired) electrons. The fraction of sp³-hybridized carbons (Fsp3) is 0.583. The van der Waals surface area contributed by atoms with Crippen LogP contribution in [0.25, 0.3) is 0 Å². The number of nitrogens with zero attached hydrogens (tertiary/aromatic N) is 1. The highest BCUT2D eigenvalue weighted by Gasteiger charge is 2.25. The molecule has 1 aliphatic rings. The SMILES string of the molecule is CCOC(=O)C(OC(C)=O)=C1CCN(C(=O)O)CC1. The van der Waals surface area contributed by atoms with Gasteiger partial charge in [-0.2, -0.15) is 0 Å². The summed E-state index contributed by atoms with van der Waals surface area (Å²) in [6, 6.07) is 0. The van der Waals surface area contributed by atoms with Crippen molar-refractivity contribution in [2.24, 2.45) is 0 Å². The zero-order valence-corrected chi connectivity index (χ0v) is 11.0. The second-order valence-corrected chi connectivity index (χ2v) is 4.02. The van der Waals surface area contributed by atoms with Crippen molar-refractivity contribution in [3.63, 3.8) is 0 Å². The lowest BCUT2D eigenvalue weighted by Gasteiger charge is -2.26. The van der Waals surface area contributed by atoms with Crippen LogP contribution >= 0.6 is 0 Å². The number of esters is 2. The van der Waals surface area contributed by atoms with Crippen molar-refractivity contribution < 1.29 is 29.0 Å². The molecule has 1 rings (SSSR count). The topological polar surface area (TPSA) is 93.1 Å². The van der Waals surface area contributed by atoms with Crippen LogP contribution in [0.5, 0.6) is 0 Å². The number of likely N-dealkylation sites (tertiary alicyclic amines) is 1. The molecule has 19 heavy (non-hydrogen) atoms. The minimum absolute atomic E-state index is 0.0978. The molecule has 1 fully saturated rings. The molecule has 0 aliphatic carbocycles. The molecule has 1 N–H and O–H groups in total. The van der Waals surface area contributed by atoms with E-state index in [1.165, 1.54) is 11.8 Å². The minimum atomic E-state index is -0.996. The number of amides is 1. The van der Waals surface area contributed by atoms with Crippen molar-refractivity contribution in [1.29, 1.82) is 0 Å². The number of hydrogen-bond donors (Lipinski definition) is 1. The van der Waals surface area contributed by atoms with E-state index in [1.807, 2.05) is 0 Å². The Kier molecular flexibility index (Phi) is 5.35. The summed E-state index contributed by atoms with van der Waals surface area (Å²) in [5.74, 6) is -1.38. The molecular formula is C12H17NO6. The first-order valence-corrected chi connectivity index (χ1v) is 6.01. The normalized spacial score (nSPS) is 14.8. The number of hydrogen-bond acceptors (Lipinski definition) is 5. The predicted octanol–water partition coefficient (Wildman–Crippen LogP) is 1.14. The first kappa shape index (κ1) is 15.0. The van der Waals surface area contributed by atoms with Crippen molar-refractivity contribution in [3.8, 4) is 0 Å². The van der Waals surface area contributed by atoms with Gasteiger partial charge in [0.25, 0.3) is 0 Å². The highest BCUT2D eigenvalue weighted by Crippen LogP contribution is 2.22. The molecule has 1 saturated heterocycles. The maximum Gasteiger partial charge on any atom is 0.407 e. The van der Waals surface area contributed by atoms with Gasteiger partial charge in [-0.25, -0.2) is 9.59 Å². The van der Waals surface area contributed by atoms with Crippen LogP contribution in [0.3, 0.4) is 0 Å². The molecule has 7 heteroatoms. The summed E-state index contributed by atoms with van der Waals surface area (Å²) < 4.78 is 9.73. The lowest BCUT2D eigenvalue weighted by molar-refractivity contribution is -0.150. The third kappa shape index (κ3) is 4.27. The van der Waals surface area contributed by atoms with E-state index in [2.05, 4.69) is 0 Å². The fourth-order valence-electron chi connectivity index (χ4n) is 1.79. The van der Waals surface area contributed by atoms with E-state index < -0.39 is 18.0 Å². The molecule has 0 aromatic rings. The summed E-state index contributed by atoms with van der Waals surface area (Å²) in [5.41, 5.74) is 0.617. The monoisotopic (exact) mass is 271 g/mol. The van der Waals surface area contributed by atoms with Crippen LogP contribution in [0.2, 0.25) is 0 Å². The predicted molar refractivity (Wildman–Crippen MR) is 64.3 cm³/mol. The van der Waals surface area contributed by atoms with E-state index in [0.717, 1.165) is 0 Å². The Balaban J connectivity index is 2.84. The van der Waals surface area contributed by atoms with Crippen LogP contribution in [0.15, 0.2) is 11.3 Å². The summed E-state index contributed by atoms with van der Waals surface area (Å²) in [5, 5.41) is 8.83. The second-order valence-electron chi connectivity index (χ2n) is 4.02. The maximum atomic E-state index is 11.7. The standard InChI is InChI=1S/C12H17NO6/c1-3-18-11(15)10(19-8(2)14)9-4-6-13(7-5-9)12(16)17/h3-7H2,1-2H3,(H,16,17). The van der Waals surface area contributed by atoms with E-state index in [9.17, 15) is 14.4 Å². The molecule has 106 valence electrons. The van der Waals surface area contributed by atoms with Crippen molar-refractivity contribution in [2.75, 3.05) is 19.7 Å². The summed E-state index contributed by atoms with van der Waals surface area (Å²) in [7, 11) is 0. The van der Waals surface area contributed by atoms with Crippen molar-refractivity contribution in [2.45, 2.75) is 26.7 Å². The van der Waals surface area contributed by atoms with Gasteiger partial charge in [0.15, 0.2) is 0 Å².